The number of hydrogen-bond donors (Lipinski definition) is 2. The molecule has 0 aliphatic heterocycles. The summed E-state index contributed by atoms with van der Waals surface area (Å²) in [7, 11) is 4.71. The molecule has 9 heteroatoms. The summed E-state index contributed by atoms with van der Waals surface area (Å²) in [6, 6.07) is 18.6. The molecule has 0 atom stereocenters. The third-order valence-corrected chi connectivity index (χ3v) is 6.27. The van der Waals surface area contributed by atoms with E-state index in [1.165, 1.54) is 5.56 Å². The molecule has 0 aliphatic rings. The van der Waals surface area contributed by atoms with Gasteiger partial charge in [-0.25, -0.2) is 4.79 Å². The van der Waals surface area contributed by atoms with Gasteiger partial charge in [0.25, 0.3) is 0 Å². The minimum Gasteiger partial charge on any atom is -0.494 e. The molecule has 204 valence electrons. The number of ether oxygens (including phenoxy) is 4. The van der Waals surface area contributed by atoms with Gasteiger partial charge in [0.05, 0.1) is 32.5 Å². The van der Waals surface area contributed by atoms with Crippen molar-refractivity contribution in [2.75, 3.05) is 51.2 Å². The molecule has 0 saturated heterocycles. The second-order valence-corrected chi connectivity index (χ2v) is 8.80. The third-order valence-electron chi connectivity index (χ3n) is 6.27. The van der Waals surface area contributed by atoms with E-state index < -0.39 is 0 Å². The van der Waals surface area contributed by atoms with Gasteiger partial charge in [0.1, 0.15) is 17.2 Å². The number of amides is 2. The molecule has 9 nitrogen and oxygen atoms in total. The molecule has 4 rings (SSSR count). The van der Waals surface area contributed by atoms with Crippen LogP contribution in [0.2, 0.25) is 0 Å². The molecule has 2 N–H and O–H groups in total. The van der Waals surface area contributed by atoms with E-state index in [9.17, 15) is 4.79 Å². The number of fused-ring (bicyclic) bond motifs is 1. The number of hydrogen-bond acceptors (Lipinski definition) is 7. The first kappa shape index (κ1) is 27.4. The van der Waals surface area contributed by atoms with Gasteiger partial charge in [-0.15, -0.1) is 0 Å². The lowest BCUT2D eigenvalue weighted by molar-refractivity contribution is 0.252. The van der Waals surface area contributed by atoms with E-state index in [1.807, 2.05) is 12.1 Å². The number of nitrogens with one attached hydrogen (secondary N) is 2. The number of pyridine rings is 1. The summed E-state index contributed by atoms with van der Waals surface area (Å²) < 4.78 is 22.5. The van der Waals surface area contributed by atoms with Gasteiger partial charge in [0.2, 0.25) is 0 Å². The lowest BCUT2D eigenvalue weighted by atomic mass is 10.2. The highest BCUT2D eigenvalue weighted by Gasteiger charge is 2.14. The molecule has 0 fully saturated rings. The summed E-state index contributed by atoms with van der Waals surface area (Å²) in [4.78, 5) is 19.2. The van der Waals surface area contributed by atoms with Crippen LogP contribution in [0, 0.1) is 6.92 Å². The maximum atomic E-state index is 12.6. The normalized spacial score (nSPS) is 10.6. The number of anilines is 2. The number of nitrogens with zero attached hydrogens (tertiary/aromatic N) is 2. The van der Waals surface area contributed by atoms with Crippen molar-refractivity contribution in [3.8, 4) is 28.7 Å². The molecule has 1 aromatic heterocycles. The monoisotopic (exact) mass is 530 g/mol. The zero-order valence-electron chi connectivity index (χ0n) is 22.9. The van der Waals surface area contributed by atoms with E-state index in [-0.39, 0.29) is 6.03 Å². The molecule has 3 aromatic carbocycles. The highest BCUT2D eigenvalue weighted by atomic mass is 16.5. The first-order chi connectivity index (χ1) is 18.9. The van der Waals surface area contributed by atoms with Gasteiger partial charge in [-0.3, -0.25) is 4.98 Å². The van der Waals surface area contributed by atoms with Crippen molar-refractivity contribution in [3.63, 3.8) is 0 Å². The Balaban J connectivity index is 1.42. The van der Waals surface area contributed by atoms with Crippen LogP contribution in [0.25, 0.3) is 10.9 Å². The van der Waals surface area contributed by atoms with E-state index in [0.29, 0.717) is 53.0 Å². The fourth-order valence-corrected chi connectivity index (χ4v) is 4.27. The van der Waals surface area contributed by atoms with Gasteiger partial charge in [0, 0.05) is 49.0 Å². The second-order valence-electron chi connectivity index (χ2n) is 8.80. The van der Waals surface area contributed by atoms with E-state index in [4.69, 9.17) is 18.9 Å². The van der Waals surface area contributed by atoms with Gasteiger partial charge in [-0.05, 0) is 55.8 Å². The van der Waals surface area contributed by atoms with Crippen LogP contribution in [0.3, 0.4) is 0 Å². The number of aryl methyl sites for hydroxylation is 1. The molecule has 0 unspecified atom stereocenters. The summed E-state index contributed by atoms with van der Waals surface area (Å²) in [5.74, 6) is 2.76. The molecule has 0 spiro atoms. The molecular formula is C30H34N4O5. The number of carbonyl (C=O) groups excluding carboxylic acids is 1. The number of aromatic nitrogens is 1. The van der Waals surface area contributed by atoms with Gasteiger partial charge in [0.15, 0.2) is 11.5 Å². The SMILES string of the molecule is CCN(CCNC(=O)Nc1ccc(Oc2ccnc3cc(OC)c(OC)cc23)cc1OC)c1cccc(C)c1. The van der Waals surface area contributed by atoms with Crippen molar-refractivity contribution in [3.05, 3.63) is 72.4 Å². The Hall–Kier alpha value is -4.66. The number of rotatable bonds is 11. The topological polar surface area (TPSA) is 94.2 Å². The van der Waals surface area contributed by atoms with E-state index in [2.05, 4.69) is 52.6 Å². The number of benzene rings is 3. The molecule has 0 radical (unpaired) electrons. The van der Waals surface area contributed by atoms with Crippen molar-refractivity contribution in [1.82, 2.24) is 10.3 Å². The summed E-state index contributed by atoms with van der Waals surface area (Å²) in [5.41, 5.74) is 3.57. The van der Waals surface area contributed by atoms with Crippen LogP contribution in [0.4, 0.5) is 16.2 Å². The fraction of sp³-hybridized carbons (Fsp3) is 0.267. The highest BCUT2D eigenvalue weighted by Crippen LogP contribution is 2.38. The molecule has 2 amide bonds. The quantitative estimate of drug-likeness (QED) is 0.245. The lowest BCUT2D eigenvalue weighted by Crippen LogP contribution is -2.37. The summed E-state index contributed by atoms with van der Waals surface area (Å²) >= 11 is 0. The second kappa shape index (κ2) is 12.7. The Morgan fingerprint density at radius 2 is 1.67 bits per heavy atom. The van der Waals surface area contributed by atoms with Crippen LogP contribution in [0.15, 0.2) is 66.9 Å². The van der Waals surface area contributed by atoms with Crippen LogP contribution in [0.5, 0.6) is 28.7 Å². The number of urea groups is 1. The molecule has 4 aromatic rings. The zero-order valence-corrected chi connectivity index (χ0v) is 22.9. The average molecular weight is 531 g/mol. The minimum atomic E-state index is -0.316. The summed E-state index contributed by atoms with van der Waals surface area (Å²) in [6.45, 7) is 6.18. The Morgan fingerprint density at radius 1 is 0.897 bits per heavy atom. The summed E-state index contributed by atoms with van der Waals surface area (Å²) in [6.07, 6.45) is 1.67. The van der Waals surface area contributed by atoms with E-state index >= 15 is 0 Å². The van der Waals surface area contributed by atoms with Crippen LogP contribution in [0.1, 0.15) is 12.5 Å². The van der Waals surface area contributed by atoms with Crippen molar-refractivity contribution < 1.29 is 23.7 Å². The van der Waals surface area contributed by atoms with Gasteiger partial charge in [-0.2, -0.15) is 0 Å². The van der Waals surface area contributed by atoms with Crippen LogP contribution in [-0.2, 0) is 0 Å². The Kier molecular flexibility index (Phi) is 8.94. The molecule has 39 heavy (non-hydrogen) atoms. The molecular weight excluding hydrogens is 496 g/mol. The molecule has 0 saturated carbocycles. The van der Waals surface area contributed by atoms with Crippen molar-refractivity contribution in [2.24, 2.45) is 0 Å². The molecule has 1 heterocycles. The summed E-state index contributed by atoms with van der Waals surface area (Å²) in [5, 5.41) is 6.55. The zero-order chi connectivity index (χ0) is 27.8. The largest absolute Gasteiger partial charge is 0.494 e. The Bertz CT molecular complexity index is 1440. The number of methoxy groups -OCH3 is 3. The first-order valence-corrected chi connectivity index (χ1v) is 12.7. The lowest BCUT2D eigenvalue weighted by Gasteiger charge is -2.23. The smallest absolute Gasteiger partial charge is 0.319 e. The fourth-order valence-electron chi connectivity index (χ4n) is 4.27. The van der Waals surface area contributed by atoms with Crippen molar-refractivity contribution >= 4 is 28.3 Å². The standard InChI is InChI=1S/C30H34N4O5/c1-6-34(21-9-7-8-20(2)16-21)15-14-32-30(35)33-24-11-10-22(17-27(24)36-3)39-26-12-13-31-25-19-29(38-5)28(37-4)18-23(25)26/h7-13,16-19H,6,14-15H2,1-5H3,(H2,32,33,35). The first-order valence-electron chi connectivity index (χ1n) is 12.7. The van der Waals surface area contributed by atoms with Gasteiger partial charge >= 0.3 is 6.03 Å². The van der Waals surface area contributed by atoms with Crippen molar-refractivity contribution in [1.29, 1.82) is 0 Å². The highest BCUT2D eigenvalue weighted by molar-refractivity contribution is 5.91. The van der Waals surface area contributed by atoms with Gasteiger partial charge in [-0.1, -0.05) is 12.1 Å². The van der Waals surface area contributed by atoms with E-state index in [1.54, 1.807) is 57.9 Å². The predicted octanol–water partition coefficient (Wildman–Crippen LogP) is 6.01. The molecule has 0 aliphatic carbocycles. The maximum absolute atomic E-state index is 12.6. The van der Waals surface area contributed by atoms with Crippen LogP contribution >= 0.6 is 0 Å². The van der Waals surface area contributed by atoms with Crippen molar-refractivity contribution in [2.45, 2.75) is 13.8 Å². The molecule has 0 bridgehead atoms. The van der Waals surface area contributed by atoms with E-state index in [0.717, 1.165) is 17.6 Å². The number of carbonyl (C=O) groups is 1. The third kappa shape index (κ3) is 6.62. The maximum Gasteiger partial charge on any atom is 0.319 e. The minimum absolute atomic E-state index is 0.316. The average Bonchev–Trinajstić information content (AvgIpc) is 2.95. The predicted molar refractivity (Wildman–Crippen MR) is 154 cm³/mol. The Labute approximate surface area is 228 Å². The van der Waals surface area contributed by atoms with Gasteiger partial charge < -0.3 is 34.5 Å². The van der Waals surface area contributed by atoms with Crippen LogP contribution < -0.4 is 34.5 Å². The Morgan fingerprint density at radius 3 is 2.38 bits per heavy atom. The van der Waals surface area contributed by atoms with Crippen LogP contribution in [-0.4, -0.2) is 52.0 Å². The number of likely N-dealkylation sites (N-methyl/N-ethyl adjacent to an activating group) is 1.